The first-order valence-electron chi connectivity index (χ1n) is 7.75. The lowest BCUT2D eigenvalue weighted by Crippen LogP contribution is -2.57. The van der Waals surface area contributed by atoms with Crippen molar-refractivity contribution in [1.82, 2.24) is 15.2 Å². The van der Waals surface area contributed by atoms with Gasteiger partial charge in [0.05, 0.1) is 0 Å². The predicted octanol–water partition coefficient (Wildman–Crippen LogP) is 1.12. The smallest absolute Gasteiger partial charge is 0.265 e. The van der Waals surface area contributed by atoms with E-state index in [1.807, 2.05) is 0 Å². The Hall–Kier alpha value is -1.34. The summed E-state index contributed by atoms with van der Waals surface area (Å²) in [6, 6.07) is 0.787. The first-order chi connectivity index (χ1) is 10.2. The molecule has 4 N–H and O–H groups in total. The average Bonchev–Trinajstić information content (AvgIpc) is 3.21. The van der Waals surface area contributed by atoms with E-state index in [2.05, 4.69) is 20.5 Å². The number of fused-ring (bicyclic) bond motifs is 3. The number of anilines is 2. The van der Waals surface area contributed by atoms with Gasteiger partial charge < -0.3 is 21.3 Å². The third-order valence-corrected chi connectivity index (χ3v) is 5.74. The van der Waals surface area contributed by atoms with E-state index in [0.29, 0.717) is 22.7 Å². The van der Waals surface area contributed by atoms with Crippen molar-refractivity contribution in [3.8, 4) is 0 Å². The number of amides is 1. The number of piperidine rings is 3. The van der Waals surface area contributed by atoms with Crippen molar-refractivity contribution in [2.45, 2.75) is 37.8 Å². The topological polar surface area (TPSA) is 83.3 Å². The second kappa shape index (κ2) is 5.14. The van der Waals surface area contributed by atoms with Crippen molar-refractivity contribution >= 4 is 28.2 Å². The number of carbonyl (C=O) groups excluding carboxylic acids is 1. The van der Waals surface area contributed by atoms with Gasteiger partial charge in [0.15, 0.2) is 5.13 Å². The van der Waals surface area contributed by atoms with Crippen molar-refractivity contribution in [1.29, 1.82) is 0 Å². The fourth-order valence-corrected chi connectivity index (χ4v) is 4.19. The van der Waals surface area contributed by atoms with Gasteiger partial charge in [-0.25, -0.2) is 4.98 Å². The van der Waals surface area contributed by atoms with Gasteiger partial charge in [-0.3, -0.25) is 4.79 Å². The molecule has 7 heteroatoms. The molecule has 1 aromatic heterocycles. The average molecular weight is 307 g/mol. The second-order valence-corrected chi connectivity index (χ2v) is 7.37. The van der Waals surface area contributed by atoms with Crippen LogP contribution >= 0.6 is 11.3 Å². The summed E-state index contributed by atoms with van der Waals surface area (Å²) in [7, 11) is 0. The Morgan fingerprint density at radius 3 is 2.67 bits per heavy atom. The van der Waals surface area contributed by atoms with Crippen LogP contribution in [0.3, 0.4) is 0 Å². The van der Waals surface area contributed by atoms with Crippen LogP contribution in [0.1, 0.15) is 35.4 Å². The number of thiazole rings is 1. The zero-order valence-electron chi connectivity index (χ0n) is 12.0. The molecule has 114 valence electrons. The van der Waals surface area contributed by atoms with Crippen LogP contribution in [0.25, 0.3) is 0 Å². The molecule has 3 saturated heterocycles. The lowest BCUT2D eigenvalue weighted by molar-refractivity contribution is 0.0623. The van der Waals surface area contributed by atoms with Crippen molar-refractivity contribution in [2.75, 3.05) is 30.7 Å². The van der Waals surface area contributed by atoms with Gasteiger partial charge in [-0.1, -0.05) is 11.3 Å². The Kier molecular flexibility index (Phi) is 3.26. The van der Waals surface area contributed by atoms with Gasteiger partial charge in [0, 0.05) is 18.6 Å². The van der Waals surface area contributed by atoms with Crippen LogP contribution in [0.4, 0.5) is 10.9 Å². The number of rotatable bonds is 4. The Balaban J connectivity index is 1.43. The lowest BCUT2D eigenvalue weighted by atomic mass is 9.84. The van der Waals surface area contributed by atoms with Crippen LogP contribution in [-0.2, 0) is 0 Å². The quantitative estimate of drug-likeness (QED) is 0.776. The minimum Gasteiger partial charge on any atom is -0.382 e. The molecule has 1 aliphatic carbocycles. The van der Waals surface area contributed by atoms with E-state index in [0.717, 1.165) is 11.7 Å². The molecule has 1 amide bonds. The maximum absolute atomic E-state index is 12.5. The van der Waals surface area contributed by atoms with Gasteiger partial charge in [0.25, 0.3) is 5.91 Å². The summed E-state index contributed by atoms with van der Waals surface area (Å²) in [5.74, 6) is 0.909. The first kappa shape index (κ1) is 13.3. The van der Waals surface area contributed by atoms with E-state index in [-0.39, 0.29) is 11.9 Å². The largest absolute Gasteiger partial charge is 0.382 e. The molecule has 21 heavy (non-hydrogen) atoms. The van der Waals surface area contributed by atoms with Gasteiger partial charge in [-0.15, -0.1) is 0 Å². The molecule has 0 aromatic carbocycles. The zero-order chi connectivity index (χ0) is 14.4. The highest BCUT2D eigenvalue weighted by Crippen LogP contribution is 2.31. The molecule has 6 nitrogen and oxygen atoms in total. The fourth-order valence-electron chi connectivity index (χ4n) is 3.32. The summed E-state index contributed by atoms with van der Waals surface area (Å²) in [6.07, 6.45) is 4.75. The number of nitrogen functional groups attached to an aromatic ring is 1. The maximum atomic E-state index is 12.5. The number of hydrogen-bond donors (Lipinski definition) is 3. The van der Waals surface area contributed by atoms with Gasteiger partial charge in [-0.05, 0) is 44.7 Å². The normalized spacial score (nSPS) is 31.1. The van der Waals surface area contributed by atoms with E-state index in [1.165, 1.54) is 50.1 Å². The number of nitrogens with zero attached hydrogens (tertiary/aromatic N) is 2. The molecule has 4 aliphatic rings. The molecule has 0 radical (unpaired) electrons. The number of carbonyl (C=O) groups is 1. The Morgan fingerprint density at radius 1 is 1.29 bits per heavy atom. The van der Waals surface area contributed by atoms with E-state index in [9.17, 15) is 4.79 Å². The summed E-state index contributed by atoms with van der Waals surface area (Å²) in [5, 5.41) is 7.25. The Morgan fingerprint density at radius 2 is 2.05 bits per heavy atom. The molecule has 5 rings (SSSR count). The van der Waals surface area contributed by atoms with Crippen LogP contribution in [0.5, 0.6) is 0 Å². The van der Waals surface area contributed by atoms with Crippen molar-refractivity contribution in [2.24, 2.45) is 5.92 Å². The monoisotopic (exact) mass is 307 g/mol. The molecule has 2 bridgehead atoms. The SMILES string of the molecule is Nc1nc(NC2CC2)sc1C(=O)NC1CN2CCC1CC2. The fraction of sp³-hybridized carbons (Fsp3) is 0.714. The van der Waals surface area contributed by atoms with E-state index in [1.54, 1.807) is 0 Å². The van der Waals surface area contributed by atoms with E-state index < -0.39 is 0 Å². The van der Waals surface area contributed by atoms with Crippen LogP contribution in [0.15, 0.2) is 0 Å². The van der Waals surface area contributed by atoms with E-state index in [4.69, 9.17) is 5.73 Å². The predicted molar refractivity (Wildman–Crippen MR) is 83.6 cm³/mol. The summed E-state index contributed by atoms with van der Waals surface area (Å²) < 4.78 is 0. The summed E-state index contributed by atoms with van der Waals surface area (Å²) in [5.41, 5.74) is 5.91. The van der Waals surface area contributed by atoms with Gasteiger partial charge in [0.1, 0.15) is 10.7 Å². The zero-order valence-corrected chi connectivity index (χ0v) is 12.8. The van der Waals surface area contributed by atoms with Gasteiger partial charge >= 0.3 is 0 Å². The third kappa shape index (κ3) is 2.72. The standard InChI is InChI=1S/C14H21N5OS/c15-12-11(21-14(18-12)16-9-1-2-9)13(20)17-10-7-19-5-3-8(10)4-6-19/h8-10H,1-7,15H2,(H,16,18)(H,17,20). The molecule has 4 heterocycles. The summed E-state index contributed by atoms with van der Waals surface area (Å²) in [6.45, 7) is 3.33. The lowest BCUT2D eigenvalue weighted by Gasteiger charge is -2.44. The molecular weight excluding hydrogens is 286 g/mol. The van der Waals surface area contributed by atoms with Crippen molar-refractivity contribution in [3.63, 3.8) is 0 Å². The third-order valence-electron chi connectivity index (χ3n) is 4.74. The number of nitrogens with one attached hydrogen (secondary N) is 2. The molecule has 1 atom stereocenters. The number of nitrogens with two attached hydrogens (primary N) is 1. The van der Waals surface area contributed by atoms with E-state index >= 15 is 0 Å². The van der Waals surface area contributed by atoms with Crippen LogP contribution in [0.2, 0.25) is 0 Å². The molecule has 0 spiro atoms. The Labute approximate surface area is 128 Å². The van der Waals surface area contributed by atoms with Gasteiger partial charge in [-0.2, -0.15) is 0 Å². The number of hydrogen-bond acceptors (Lipinski definition) is 6. The minimum absolute atomic E-state index is 0.0624. The van der Waals surface area contributed by atoms with Crippen molar-refractivity contribution in [3.05, 3.63) is 4.88 Å². The highest BCUT2D eigenvalue weighted by Gasteiger charge is 2.35. The molecular formula is C14H21N5OS. The molecule has 3 aliphatic heterocycles. The number of aromatic nitrogens is 1. The minimum atomic E-state index is -0.0624. The first-order valence-corrected chi connectivity index (χ1v) is 8.57. The summed E-state index contributed by atoms with van der Waals surface area (Å²) >= 11 is 1.37. The second-order valence-electron chi connectivity index (χ2n) is 6.37. The Bertz CT molecular complexity index is 548. The van der Waals surface area contributed by atoms with Crippen LogP contribution < -0.4 is 16.4 Å². The molecule has 1 saturated carbocycles. The summed E-state index contributed by atoms with van der Waals surface area (Å²) in [4.78, 5) is 19.7. The van der Waals surface area contributed by atoms with Crippen molar-refractivity contribution < 1.29 is 4.79 Å². The molecule has 1 aromatic rings. The van der Waals surface area contributed by atoms with Crippen LogP contribution in [0, 0.1) is 5.92 Å². The maximum Gasteiger partial charge on any atom is 0.265 e. The molecule has 4 fully saturated rings. The van der Waals surface area contributed by atoms with Crippen LogP contribution in [-0.4, -0.2) is 47.5 Å². The molecule has 1 unspecified atom stereocenters. The van der Waals surface area contributed by atoms with Gasteiger partial charge in [0.2, 0.25) is 0 Å². The highest BCUT2D eigenvalue weighted by molar-refractivity contribution is 7.18. The highest BCUT2D eigenvalue weighted by atomic mass is 32.1.